The second kappa shape index (κ2) is 20.8. The van der Waals surface area contributed by atoms with E-state index in [-0.39, 0.29) is 60.6 Å². The summed E-state index contributed by atoms with van der Waals surface area (Å²) in [6.07, 6.45) is 1.27. The van der Waals surface area contributed by atoms with Gasteiger partial charge in [0.1, 0.15) is 6.04 Å². The Hall–Kier alpha value is -3.35. The van der Waals surface area contributed by atoms with Crippen LogP contribution in [0.3, 0.4) is 0 Å². The predicted octanol–water partition coefficient (Wildman–Crippen LogP) is 4.04. The van der Waals surface area contributed by atoms with Crippen LogP contribution in [0.25, 0.3) is 0 Å². The van der Waals surface area contributed by atoms with E-state index in [1.165, 1.54) is 14.2 Å². The molecule has 1 aromatic carbocycles. The van der Waals surface area contributed by atoms with E-state index in [1.54, 1.807) is 37.9 Å². The van der Waals surface area contributed by atoms with Crippen LogP contribution in [0, 0.1) is 23.7 Å². The normalized spacial score (nSPS) is 18.9. The number of methoxy groups -OCH3 is 3. The van der Waals surface area contributed by atoms with Crippen molar-refractivity contribution in [2.24, 2.45) is 23.7 Å². The molecule has 0 unspecified atom stereocenters. The third kappa shape index (κ3) is 11.6. The maximum Gasteiger partial charge on any atom is 0.328 e. The lowest BCUT2D eigenvalue weighted by molar-refractivity contribution is -0.149. The molecule has 0 saturated carbocycles. The molecule has 12 heteroatoms. The summed E-state index contributed by atoms with van der Waals surface area (Å²) in [4.78, 5) is 71.2. The van der Waals surface area contributed by atoms with Gasteiger partial charge in [-0.25, -0.2) is 4.79 Å². The summed E-state index contributed by atoms with van der Waals surface area (Å²) < 4.78 is 16.9. The number of nitrogens with zero attached hydrogens (tertiary/aromatic N) is 2. The van der Waals surface area contributed by atoms with Crippen molar-refractivity contribution >= 4 is 29.5 Å². The van der Waals surface area contributed by atoms with Crippen molar-refractivity contribution in [1.82, 2.24) is 20.4 Å². The van der Waals surface area contributed by atoms with Crippen molar-refractivity contribution in [1.29, 1.82) is 0 Å². The van der Waals surface area contributed by atoms with Gasteiger partial charge in [0.2, 0.25) is 17.7 Å². The number of hydrogen-bond acceptors (Lipinski definition) is 9. The molecule has 0 aliphatic carbocycles. The number of nitrogens with one attached hydrogen (secondary N) is 2. The highest BCUT2D eigenvalue weighted by Crippen LogP contribution is 2.31. The number of amides is 3. The number of benzene rings is 1. The van der Waals surface area contributed by atoms with Gasteiger partial charge in [-0.2, -0.15) is 0 Å². The van der Waals surface area contributed by atoms with Gasteiger partial charge < -0.3 is 34.6 Å². The zero-order chi connectivity index (χ0) is 39.3. The predicted molar refractivity (Wildman–Crippen MR) is 201 cm³/mol. The van der Waals surface area contributed by atoms with Gasteiger partial charge in [-0.15, -0.1) is 0 Å². The Labute approximate surface area is 312 Å². The highest BCUT2D eigenvalue weighted by atomic mass is 16.5. The average Bonchev–Trinajstić information content (AvgIpc) is 3.62. The average molecular weight is 731 g/mol. The lowest BCUT2D eigenvalue weighted by atomic mass is 9.83. The fourth-order valence-corrected chi connectivity index (χ4v) is 7.26. The van der Waals surface area contributed by atoms with Gasteiger partial charge in [-0.1, -0.05) is 71.4 Å². The first-order valence-corrected chi connectivity index (χ1v) is 18.7. The van der Waals surface area contributed by atoms with Crippen molar-refractivity contribution in [2.75, 3.05) is 42.0 Å². The van der Waals surface area contributed by atoms with E-state index >= 15 is 0 Å². The Morgan fingerprint density at radius 2 is 1.62 bits per heavy atom. The first-order valence-electron chi connectivity index (χ1n) is 18.7. The Morgan fingerprint density at radius 1 is 0.981 bits per heavy atom. The van der Waals surface area contributed by atoms with Crippen LogP contribution < -0.4 is 10.6 Å². The maximum atomic E-state index is 14.2. The van der Waals surface area contributed by atoms with Crippen molar-refractivity contribution < 1.29 is 38.2 Å². The first-order chi connectivity index (χ1) is 24.5. The molecule has 0 aromatic heterocycles. The number of rotatable bonds is 21. The molecule has 1 aliphatic rings. The van der Waals surface area contributed by atoms with Crippen molar-refractivity contribution in [3.05, 3.63) is 35.9 Å². The van der Waals surface area contributed by atoms with Crippen LogP contribution in [-0.2, 0) is 44.6 Å². The molecule has 1 aliphatic heterocycles. The number of ketones is 1. The summed E-state index contributed by atoms with van der Waals surface area (Å²) in [6, 6.07) is 7.69. The zero-order valence-corrected chi connectivity index (χ0v) is 33.7. The fraction of sp³-hybridized carbons (Fsp3) is 0.725. The maximum absolute atomic E-state index is 14.2. The van der Waals surface area contributed by atoms with Gasteiger partial charge >= 0.3 is 5.97 Å². The summed E-state index contributed by atoms with van der Waals surface area (Å²) in [6.45, 7) is 13.9. The first kappa shape index (κ1) is 44.8. The van der Waals surface area contributed by atoms with E-state index in [4.69, 9.17) is 14.2 Å². The lowest BCUT2D eigenvalue weighted by Crippen LogP contribution is -2.55. The van der Waals surface area contributed by atoms with E-state index in [2.05, 4.69) is 10.6 Å². The Bertz CT molecular complexity index is 1320. The molecule has 0 bridgehead atoms. The van der Waals surface area contributed by atoms with E-state index < -0.39 is 47.6 Å². The summed E-state index contributed by atoms with van der Waals surface area (Å²) in [5, 5.41) is 5.90. The Balaban J connectivity index is 2.28. The topological polar surface area (TPSA) is 144 Å². The molecule has 1 aromatic rings. The standard InChI is InChI=1S/C40H66N4O8/c1-13-26(4)35(43(9)38(48)29(25(2)3)23-33(45)40(6,7)41-8)32(50-10)24-34(46)44-21-17-20-31(44)36(51-11)27(5)37(47)42-30(39(49)52-12)22-28-18-15-14-16-19-28/h14-16,18-19,25-27,29-32,35-36,41H,13,17,20-24H2,1-12H3,(H,42,47)/t26-,27+,29-,30-,31-,32+,35-,36+/m0/s1. The van der Waals surface area contributed by atoms with Gasteiger partial charge in [-0.3, -0.25) is 19.2 Å². The Kier molecular flexibility index (Phi) is 17.9. The fourth-order valence-electron chi connectivity index (χ4n) is 7.26. The van der Waals surface area contributed by atoms with E-state index in [1.807, 2.05) is 71.9 Å². The van der Waals surface area contributed by atoms with Crippen LogP contribution in [0.2, 0.25) is 0 Å². The van der Waals surface area contributed by atoms with Crippen molar-refractivity contribution in [3.8, 4) is 0 Å². The molecular weight excluding hydrogens is 664 g/mol. The van der Waals surface area contributed by atoms with Gasteiger partial charge in [0.25, 0.3) is 0 Å². The number of likely N-dealkylation sites (N-methyl/N-ethyl adjacent to an activating group) is 2. The zero-order valence-electron chi connectivity index (χ0n) is 33.7. The van der Waals surface area contributed by atoms with Gasteiger partial charge in [0.15, 0.2) is 5.78 Å². The van der Waals surface area contributed by atoms with Crippen LogP contribution >= 0.6 is 0 Å². The third-order valence-electron chi connectivity index (χ3n) is 11.2. The molecule has 12 nitrogen and oxygen atoms in total. The summed E-state index contributed by atoms with van der Waals surface area (Å²) in [5.41, 5.74) is 0.114. The molecule has 0 spiro atoms. The summed E-state index contributed by atoms with van der Waals surface area (Å²) >= 11 is 0. The quantitative estimate of drug-likeness (QED) is 0.179. The van der Waals surface area contributed by atoms with Crippen LogP contribution in [0.1, 0.15) is 86.1 Å². The molecule has 2 rings (SSSR count). The molecule has 1 heterocycles. The summed E-state index contributed by atoms with van der Waals surface area (Å²) in [7, 11) is 7.86. The van der Waals surface area contributed by atoms with Gasteiger partial charge in [-0.05, 0) is 51.1 Å². The molecule has 2 N–H and O–H groups in total. The highest BCUT2D eigenvalue weighted by molar-refractivity contribution is 5.92. The number of hydrogen-bond donors (Lipinski definition) is 2. The van der Waals surface area contributed by atoms with Crippen LogP contribution in [0.5, 0.6) is 0 Å². The monoisotopic (exact) mass is 730 g/mol. The molecule has 52 heavy (non-hydrogen) atoms. The van der Waals surface area contributed by atoms with Crippen LogP contribution in [0.4, 0.5) is 0 Å². The second-order valence-corrected chi connectivity index (χ2v) is 15.2. The van der Waals surface area contributed by atoms with Crippen molar-refractivity contribution in [2.45, 2.75) is 123 Å². The van der Waals surface area contributed by atoms with Gasteiger partial charge in [0, 0.05) is 46.6 Å². The number of ether oxygens (including phenoxy) is 3. The number of carbonyl (C=O) groups is 5. The number of esters is 1. The van der Waals surface area contributed by atoms with Crippen molar-refractivity contribution in [3.63, 3.8) is 0 Å². The minimum Gasteiger partial charge on any atom is -0.467 e. The highest BCUT2D eigenvalue weighted by Gasteiger charge is 2.43. The van der Waals surface area contributed by atoms with Gasteiger partial charge in [0.05, 0.1) is 49.3 Å². The molecule has 8 atom stereocenters. The lowest BCUT2D eigenvalue weighted by Gasteiger charge is -2.41. The molecule has 3 amide bonds. The largest absolute Gasteiger partial charge is 0.467 e. The minimum atomic E-state index is -0.885. The second-order valence-electron chi connectivity index (χ2n) is 15.2. The summed E-state index contributed by atoms with van der Waals surface area (Å²) in [5.74, 6) is -2.57. The third-order valence-corrected chi connectivity index (χ3v) is 11.2. The molecule has 294 valence electrons. The molecule has 1 saturated heterocycles. The van der Waals surface area contributed by atoms with E-state index in [9.17, 15) is 24.0 Å². The van der Waals surface area contributed by atoms with Crippen LogP contribution in [-0.4, -0.2) is 117 Å². The number of carbonyl (C=O) groups excluding carboxylic acids is 5. The number of Topliss-reactive ketones (excluding diaryl/α,β-unsaturated/α-hetero) is 1. The van der Waals surface area contributed by atoms with E-state index in [0.29, 0.717) is 13.0 Å². The smallest absolute Gasteiger partial charge is 0.328 e. The SMILES string of the molecule is CC[C@H](C)[C@@H]([C@@H](CC(=O)N1CCC[C@H]1[C@H](OC)[C@@H](C)C(=O)N[C@@H](Cc1ccccc1)C(=O)OC)OC)N(C)C(=O)[C@@H](CC(=O)C(C)(C)NC)C(C)C. The molecule has 0 radical (unpaired) electrons. The molecular formula is C40H66N4O8. The minimum absolute atomic E-state index is 0.00702. The van der Waals surface area contributed by atoms with E-state index in [0.717, 1.165) is 18.4 Å². The van der Waals surface area contributed by atoms with Crippen LogP contribution in [0.15, 0.2) is 30.3 Å². The molecule has 1 fully saturated rings. The number of likely N-dealkylation sites (tertiary alicyclic amines) is 1. The Morgan fingerprint density at radius 3 is 2.13 bits per heavy atom.